The van der Waals surface area contributed by atoms with E-state index in [0.29, 0.717) is 22.7 Å². The fourth-order valence-corrected chi connectivity index (χ4v) is 3.07. The average molecular weight is 424 g/mol. The summed E-state index contributed by atoms with van der Waals surface area (Å²) in [6, 6.07) is 10.4. The molecule has 0 unspecified atom stereocenters. The summed E-state index contributed by atoms with van der Waals surface area (Å²) in [4.78, 5) is 29.5. The third-order valence-electron chi connectivity index (χ3n) is 4.56. The molecule has 4 aromatic rings. The largest absolute Gasteiger partial charge is 0.493 e. The van der Waals surface area contributed by atoms with Gasteiger partial charge in [0.05, 0.1) is 14.2 Å². The van der Waals surface area contributed by atoms with Crippen LogP contribution >= 0.6 is 0 Å². The van der Waals surface area contributed by atoms with Crippen LogP contribution in [-0.2, 0) is 11.3 Å². The topological polar surface area (TPSA) is 108 Å². The predicted octanol–water partition coefficient (Wildman–Crippen LogP) is 2.85. The quantitative estimate of drug-likeness (QED) is 0.507. The van der Waals surface area contributed by atoms with Crippen LogP contribution in [0.1, 0.15) is 0 Å². The summed E-state index contributed by atoms with van der Waals surface area (Å²) >= 11 is 0. The number of nitrogens with zero attached hydrogens (tertiary/aromatic N) is 3. The third-order valence-corrected chi connectivity index (χ3v) is 4.56. The van der Waals surface area contributed by atoms with Gasteiger partial charge >= 0.3 is 0 Å². The summed E-state index contributed by atoms with van der Waals surface area (Å²) in [6.07, 6.45) is 1.21. The van der Waals surface area contributed by atoms with Gasteiger partial charge in [0.2, 0.25) is 5.91 Å². The lowest BCUT2D eigenvalue weighted by atomic mass is 10.1. The fourth-order valence-electron chi connectivity index (χ4n) is 3.07. The fraction of sp³-hybridized carbons (Fsp3) is 0.143. The Kier molecular flexibility index (Phi) is 5.35. The van der Waals surface area contributed by atoms with E-state index in [-0.39, 0.29) is 23.3 Å². The zero-order valence-corrected chi connectivity index (χ0v) is 16.6. The normalized spacial score (nSPS) is 10.8. The van der Waals surface area contributed by atoms with Crippen LogP contribution in [0.4, 0.5) is 10.1 Å². The minimum absolute atomic E-state index is 0.0286. The van der Waals surface area contributed by atoms with Crippen molar-refractivity contribution in [3.05, 3.63) is 65.0 Å². The number of ether oxygens (including phenoxy) is 2. The molecule has 2 heterocycles. The lowest BCUT2D eigenvalue weighted by Crippen LogP contribution is -2.27. The molecule has 0 fully saturated rings. The van der Waals surface area contributed by atoms with Crippen LogP contribution in [0, 0.1) is 5.82 Å². The Morgan fingerprint density at radius 1 is 1.13 bits per heavy atom. The molecule has 0 bridgehead atoms. The van der Waals surface area contributed by atoms with Gasteiger partial charge in [0.25, 0.3) is 11.3 Å². The first-order valence-corrected chi connectivity index (χ1v) is 9.13. The van der Waals surface area contributed by atoms with E-state index in [0.717, 1.165) is 4.57 Å². The van der Waals surface area contributed by atoms with Crippen LogP contribution in [0.25, 0.3) is 22.4 Å². The Morgan fingerprint density at radius 2 is 1.87 bits per heavy atom. The molecule has 1 N–H and O–H groups in total. The van der Waals surface area contributed by atoms with Crippen molar-refractivity contribution in [3.63, 3.8) is 0 Å². The number of amides is 1. The molecule has 1 amide bonds. The number of methoxy groups -OCH3 is 2. The number of carbonyl (C=O) groups is 1. The van der Waals surface area contributed by atoms with Crippen LogP contribution in [0.2, 0.25) is 0 Å². The first-order valence-electron chi connectivity index (χ1n) is 9.13. The molecule has 0 saturated heterocycles. The van der Waals surface area contributed by atoms with E-state index >= 15 is 0 Å². The molecule has 0 spiro atoms. The molecule has 2 aromatic heterocycles. The molecule has 31 heavy (non-hydrogen) atoms. The SMILES string of the molecule is COc1ccc(NC(=O)Cn2cnc3onc(-c4ccc(F)cc4)c3c2=O)cc1OC. The van der Waals surface area contributed by atoms with E-state index in [1.807, 2.05) is 0 Å². The molecule has 2 aromatic carbocycles. The maximum absolute atomic E-state index is 13.2. The number of fused-ring (bicyclic) bond motifs is 1. The smallest absolute Gasteiger partial charge is 0.267 e. The summed E-state index contributed by atoms with van der Waals surface area (Å²) in [6.45, 7) is -0.288. The number of anilines is 1. The molecule has 4 rings (SSSR count). The summed E-state index contributed by atoms with van der Waals surface area (Å²) in [5.74, 6) is 0.107. The molecule has 0 saturated carbocycles. The van der Waals surface area contributed by atoms with E-state index in [1.165, 1.54) is 44.8 Å². The van der Waals surface area contributed by atoms with Gasteiger partial charge in [-0.3, -0.25) is 14.2 Å². The Balaban J connectivity index is 1.61. The number of nitrogens with one attached hydrogen (secondary N) is 1. The third kappa shape index (κ3) is 3.95. The summed E-state index contributed by atoms with van der Waals surface area (Å²) in [5.41, 5.74) is 0.712. The van der Waals surface area contributed by atoms with Crippen LogP contribution in [0.5, 0.6) is 11.5 Å². The second-order valence-corrected chi connectivity index (χ2v) is 6.51. The summed E-state index contributed by atoms with van der Waals surface area (Å²) < 4.78 is 29.9. The van der Waals surface area contributed by atoms with Gasteiger partial charge in [-0.1, -0.05) is 5.16 Å². The first kappa shape index (κ1) is 20.1. The Bertz CT molecular complexity index is 1310. The van der Waals surface area contributed by atoms with Crippen LogP contribution in [0.3, 0.4) is 0 Å². The average Bonchev–Trinajstić information content (AvgIpc) is 3.21. The highest BCUT2D eigenvalue weighted by molar-refractivity contribution is 5.92. The van der Waals surface area contributed by atoms with Crippen molar-refractivity contribution in [3.8, 4) is 22.8 Å². The number of hydrogen-bond donors (Lipinski definition) is 1. The molecule has 10 heteroatoms. The molecule has 0 aliphatic heterocycles. The van der Waals surface area contributed by atoms with Crippen molar-refractivity contribution in [2.24, 2.45) is 0 Å². The highest BCUT2D eigenvalue weighted by atomic mass is 19.1. The molecule has 0 aliphatic rings. The Hall–Kier alpha value is -4.21. The maximum Gasteiger partial charge on any atom is 0.267 e. The van der Waals surface area contributed by atoms with Crippen molar-refractivity contribution in [2.45, 2.75) is 6.54 Å². The van der Waals surface area contributed by atoms with Crippen molar-refractivity contribution in [1.82, 2.24) is 14.7 Å². The molecular weight excluding hydrogens is 407 g/mol. The minimum atomic E-state index is -0.506. The monoisotopic (exact) mass is 424 g/mol. The lowest BCUT2D eigenvalue weighted by molar-refractivity contribution is -0.116. The standard InChI is InChI=1S/C21H17FN4O5/c1-29-15-8-7-14(9-16(15)30-2)24-17(27)10-26-11-23-20-18(21(26)28)19(25-31-20)12-3-5-13(22)6-4-12/h3-9,11H,10H2,1-2H3,(H,24,27). The number of halogens is 1. The minimum Gasteiger partial charge on any atom is -0.493 e. The maximum atomic E-state index is 13.2. The zero-order chi connectivity index (χ0) is 22.0. The summed E-state index contributed by atoms with van der Waals surface area (Å²) in [7, 11) is 3.00. The predicted molar refractivity (Wildman–Crippen MR) is 110 cm³/mol. The molecule has 9 nitrogen and oxygen atoms in total. The van der Waals surface area contributed by atoms with Gasteiger partial charge in [0.1, 0.15) is 29.8 Å². The van der Waals surface area contributed by atoms with E-state index in [1.54, 1.807) is 18.2 Å². The highest BCUT2D eigenvalue weighted by Crippen LogP contribution is 2.29. The van der Waals surface area contributed by atoms with E-state index in [9.17, 15) is 14.0 Å². The van der Waals surface area contributed by atoms with Gasteiger partial charge in [-0.05, 0) is 36.4 Å². The van der Waals surface area contributed by atoms with Crippen LogP contribution in [0.15, 0.2) is 58.1 Å². The van der Waals surface area contributed by atoms with Gasteiger partial charge in [-0.2, -0.15) is 0 Å². The first-order chi connectivity index (χ1) is 15.0. The second kappa shape index (κ2) is 8.27. The molecule has 0 aliphatic carbocycles. The van der Waals surface area contributed by atoms with Crippen LogP contribution in [-0.4, -0.2) is 34.8 Å². The molecular formula is C21H17FN4O5. The van der Waals surface area contributed by atoms with Gasteiger partial charge in [-0.25, -0.2) is 9.37 Å². The van der Waals surface area contributed by atoms with Crippen LogP contribution < -0.4 is 20.3 Å². The van der Waals surface area contributed by atoms with Crippen molar-refractivity contribution in [1.29, 1.82) is 0 Å². The molecule has 0 atom stereocenters. The van der Waals surface area contributed by atoms with Gasteiger partial charge in [0.15, 0.2) is 11.5 Å². The number of aromatic nitrogens is 3. The Labute approximate surface area is 175 Å². The second-order valence-electron chi connectivity index (χ2n) is 6.51. The van der Waals surface area contributed by atoms with Crippen molar-refractivity contribution >= 4 is 22.7 Å². The summed E-state index contributed by atoms with van der Waals surface area (Å²) in [5, 5.41) is 6.68. The molecule has 0 radical (unpaired) electrons. The van der Waals surface area contributed by atoms with Crippen molar-refractivity contribution in [2.75, 3.05) is 19.5 Å². The number of rotatable bonds is 6. The lowest BCUT2D eigenvalue weighted by Gasteiger charge is -2.11. The number of carbonyl (C=O) groups excluding carboxylic acids is 1. The van der Waals surface area contributed by atoms with E-state index in [2.05, 4.69) is 15.5 Å². The van der Waals surface area contributed by atoms with E-state index in [4.69, 9.17) is 14.0 Å². The van der Waals surface area contributed by atoms with Crippen molar-refractivity contribution < 1.29 is 23.2 Å². The van der Waals surface area contributed by atoms with Gasteiger partial charge < -0.3 is 19.3 Å². The van der Waals surface area contributed by atoms with Gasteiger partial charge in [0, 0.05) is 17.3 Å². The van der Waals surface area contributed by atoms with E-state index < -0.39 is 17.3 Å². The Morgan fingerprint density at radius 3 is 2.58 bits per heavy atom. The molecule has 158 valence electrons. The zero-order valence-electron chi connectivity index (χ0n) is 16.6. The van der Waals surface area contributed by atoms with Gasteiger partial charge in [-0.15, -0.1) is 0 Å². The number of hydrogen-bond acceptors (Lipinski definition) is 7. The number of benzene rings is 2. The highest BCUT2D eigenvalue weighted by Gasteiger charge is 2.18.